The van der Waals surface area contributed by atoms with Gasteiger partial charge in [0.05, 0.1) is 5.92 Å². The molecule has 3 saturated heterocycles. The van der Waals surface area contributed by atoms with Crippen LogP contribution in [0.4, 0.5) is 0 Å². The summed E-state index contributed by atoms with van der Waals surface area (Å²) in [6.07, 6.45) is 4.58. The molecule has 0 aromatic rings. The third kappa shape index (κ3) is 1.76. The van der Waals surface area contributed by atoms with Crippen molar-refractivity contribution in [3.8, 4) is 0 Å². The summed E-state index contributed by atoms with van der Waals surface area (Å²) in [6.45, 7) is 1.16. The molecule has 16 heavy (non-hydrogen) atoms. The van der Waals surface area contributed by atoms with Gasteiger partial charge in [0, 0.05) is 18.6 Å². The Morgan fingerprint density at radius 1 is 1.38 bits per heavy atom. The van der Waals surface area contributed by atoms with Gasteiger partial charge in [0.15, 0.2) is 0 Å². The number of rotatable bonds is 3. The third-order valence-electron chi connectivity index (χ3n) is 4.49. The van der Waals surface area contributed by atoms with Crippen LogP contribution in [0.3, 0.4) is 0 Å². The van der Waals surface area contributed by atoms with Gasteiger partial charge < -0.3 is 5.11 Å². The van der Waals surface area contributed by atoms with Crippen molar-refractivity contribution < 1.29 is 9.90 Å². The molecule has 0 aliphatic carbocycles. The van der Waals surface area contributed by atoms with Gasteiger partial charge >= 0.3 is 5.97 Å². The fraction of sp³-hybridized carbons (Fsp3) is 0.917. The quantitative estimate of drug-likeness (QED) is 0.816. The molecule has 3 fully saturated rings. The van der Waals surface area contributed by atoms with Crippen LogP contribution < -0.4 is 0 Å². The van der Waals surface area contributed by atoms with E-state index in [0.29, 0.717) is 12.1 Å². The number of hydrogen-bond donors (Lipinski definition) is 1. The van der Waals surface area contributed by atoms with Crippen LogP contribution in [0.2, 0.25) is 0 Å². The van der Waals surface area contributed by atoms with Crippen LogP contribution in [0, 0.1) is 11.8 Å². The van der Waals surface area contributed by atoms with Gasteiger partial charge in [-0.25, -0.2) is 0 Å². The van der Waals surface area contributed by atoms with Crippen molar-refractivity contribution in [3.63, 3.8) is 0 Å². The van der Waals surface area contributed by atoms with Crippen molar-refractivity contribution in [1.29, 1.82) is 0 Å². The van der Waals surface area contributed by atoms with Crippen molar-refractivity contribution in [2.45, 2.75) is 37.8 Å². The van der Waals surface area contributed by atoms with E-state index in [2.05, 4.69) is 16.7 Å². The first-order valence-corrected chi connectivity index (χ1v) is 7.47. The Bertz CT molecular complexity index is 291. The van der Waals surface area contributed by atoms with E-state index in [1.165, 1.54) is 24.3 Å². The molecule has 1 N–H and O–H groups in total. The molecule has 3 aliphatic rings. The van der Waals surface area contributed by atoms with E-state index in [4.69, 9.17) is 0 Å². The minimum absolute atomic E-state index is 0.0761. The predicted octanol–water partition coefficient (Wildman–Crippen LogP) is 1.68. The van der Waals surface area contributed by atoms with E-state index in [1.807, 2.05) is 0 Å². The molecule has 4 heteroatoms. The van der Waals surface area contributed by atoms with Gasteiger partial charge in [-0.2, -0.15) is 11.8 Å². The van der Waals surface area contributed by atoms with E-state index in [-0.39, 0.29) is 5.92 Å². The van der Waals surface area contributed by atoms with Crippen molar-refractivity contribution in [2.24, 2.45) is 11.8 Å². The first-order chi connectivity index (χ1) is 7.75. The Morgan fingerprint density at radius 2 is 2.25 bits per heavy atom. The van der Waals surface area contributed by atoms with Gasteiger partial charge in [-0.1, -0.05) is 0 Å². The summed E-state index contributed by atoms with van der Waals surface area (Å²) in [5, 5.41) is 9.18. The molecular formula is C12H19NO2S. The number of thioether (sulfide) groups is 1. The zero-order chi connectivity index (χ0) is 11.1. The monoisotopic (exact) mass is 241 g/mol. The maximum Gasteiger partial charge on any atom is 0.308 e. The Morgan fingerprint density at radius 3 is 2.88 bits per heavy atom. The Kier molecular flexibility index (Phi) is 2.88. The fourth-order valence-electron chi connectivity index (χ4n) is 3.68. The molecule has 3 heterocycles. The highest BCUT2D eigenvalue weighted by molar-refractivity contribution is 7.99. The topological polar surface area (TPSA) is 40.5 Å². The van der Waals surface area contributed by atoms with Crippen LogP contribution in [0.15, 0.2) is 0 Å². The summed E-state index contributed by atoms with van der Waals surface area (Å²) in [5.74, 6) is 2.76. The highest BCUT2D eigenvalue weighted by Crippen LogP contribution is 2.43. The molecule has 0 aromatic carbocycles. The van der Waals surface area contributed by atoms with Crippen LogP contribution in [-0.4, -0.2) is 46.1 Å². The van der Waals surface area contributed by atoms with E-state index in [1.54, 1.807) is 0 Å². The molecule has 2 bridgehead atoms. The molecule has 3 aliphatic heterocycles. The van der Waals surface area contributed by atoms with Crippen LogP contribution in [0.25, 0.3) is 0 Å². The minimum atomic E-state index is -0.571. The maximum atomic E-state index is 11.1. The standard InChI is InChI=1S/C12H19NO2S/c14-12(15)10-5-9-1-2-11(10)13(9)6-8-3-4-16-7-8/h8-11H,1-7H2,(H,14,15). The Hall–Kier alpha value is -0.220. The number of hydrogen-bond acceptors (Lipinski definition) is 3. The summed E-state index contributed by atoms with van der Waals surface area (Å²) < 4.78 is 0. The summed E-state index contributed by atoms with van der Waals surface area (Å²) in [6, 6.07) is 0.935. The molecule has 0 amide bonds. The van der Waals surface area contributed by atoms with Gasteiger partial charge in [0.2, 0.25) is 0 Å². The highest BCUT2D eigenvalue weighted by Gasteiger charge is 2.49. The molecule has 0 aromatic heterocycles. The zero-order valence-electron chi connectivity index (χ0n) is 9.47. The first kappa shape index (κ1) is 10.9. The van der Waals surface area contributed by atoms with Gasteiger partial charge in [-0.15, -0.1) is 0 Å². The average Bonchev–Trinajstić information content (AvgIpc) is 2.96. The molecule has 0 spiro atoms. The van der Waals surface area contributed by atoms with Crippen LogP contribution in [-0.2, 0) is 4.79 Å². The lowest BCUT2D eigenvalue weighted by Crippen LogP contribution is -2.36. The summed E-state index contributed by atoms with van der Waals surface area (Å²) in [4.78, 5) is 13.7. The number of carboxylic acids is 1. The largest absolute Gasteiger partial charge is 0.481 e. The van der Waals surface area contributed by atoms with Crippen molar-refractivity contribution in [1.82, 2.24) is 4.90 Å². The summed E-state index contributed by atoms with van der Waals surface area (Å²) >= 11 is 2.05. The number of carbonyl (C=O) groups is 1. The van der Waals surface area contributed by atoms with Gasteiger partial charge in [-0.3, -0.25) is 9.69 Å². The second-order valence-electron chi connectivity index (χ2n) is 5.41. The lowest BCUT2D eigenvalue weighted by atomic mass is 9.89. The van der Waals surface area contributed by atoms with Gasteiger partial charge in [0.25, 0.3) is 0 Å². The highest BCUT2D eigenvalue weighted by atomic mass is 32.2. The molecule has 4 atom stereocenters. The normalized spacial score (nSPS) is 43.0. The molecule has 0 saturated carbocycles. The molecule has 0 radical (unpaired) electrons. The number of fused-ring (bicyclic) bond motifs is 2. The maximum absolute atomic E-state index is 11.1. The minimum Gasteiger partial charge on any atom is -0.481 e. The molecule has 4 unspecified atom stereocenters. The van der Waals surface area contributed by atoms with Crippen LogP contribution in [0.5, 0.6) is 0 Å². The first-order valence-electron chi connectivity index (χ1n) is 6.32. The van der Waals surface area contributed by atoms with Gasteiger partial charge in [0.1, 0.15) is 0 Å². The van der Waals surface area contributed by atoms with Crippen molar-refractivity contribution >= 4 is 17.7 Å². The lowest BCUT2D eigenvalue weighted by molar-refractivity contribution is -0.142. The summed E-state index contributed by atoms with van der Waals surface area (Å²) in [5.41, 5.74) is 0. The van der Waals surface area contributed by atoms with E-state index in [0.717, 1.165) is 25.3 Å². The van der Waals surface area contributed by atoms with Crippen LogP contribution in [0.1, 0.15) is 25.7 Å². The van der Waals surface area contributed by atoms with E-state index < -0.39 is 5.97 Å². The lowest BCUT2D eigenvalue weighted by Gasteiger charge is -2.25. The second kappa shape index (κ2) is 4.22. The molecular weight excluding hydrogens is 222 g/mol. The van der Waals surface area contributed by atoms with E-state index >= 15 is 0 Å². The Balaban J connectivity index is 1.65. The number of carboxylic acid groups (broad SMARTS) is 1. The number of nitrogens with zero attached hydrogens (tertiary/aromatic N) is 1. The SMILES string of the molecule is O=C(O)C1CC2CCC1N2CC1CCSC1. The molecule has 3 rings (SSSR count). The predicted molar refractivity (Wildman–Crippen MR) is 64.7 cm³/mol. The molecule has 3 nitrogen and oxygen atoms in total. The van der Waals surface area contributed by atoms with Gasteiger partial charge in [-0.05, 0) is 43.1 Å². The smallest absolute Gasteiger partial charge is 0.308 e. The zero-order valence-corrected chi connectivity index (χ0v) is 10.3. The molecule has 90 valence electrons. The third-order valence-corrected chi connectivity index (χ3v) is 5.72. The van der Waals surface area contributed by atoms with Crippen molar-refractivity contribution in [2.75, 3.05) is 18.1 Å². The van der Waals surface area contributed by atoms with Crippen LogP contribution >= 0.6 is 11.8 Å². The van der Waals surface area contributed by atoms with Crippen molar-refractivity contribution in [3.05, 3.63) is 0 Å². The summed E-state index contributed by atoms with van der Waals surface area (Å²) in [7, 11) is 0. The number of aliphatic carboxylic acids is 1. The van der Waals surface area contributed by atoms with E-state index in [9.17, 15) is 9.90 Å². The average molecular weight is 241 g/mol. The second-order valence-corrected chi connectivity index (χ2v) is 6.56. The fourth-order valence-corrected chi connectivity index (χ4v) is 4.95. The Labute approximate surface area is 101 Å².